The molecular weight excluding hydrogens is 324 g/mol. The zero-order chi connectivity index (χ0) is 16.4. The first kappa shape index (κ1) is 18.6. The molecule has 0 radical (unpaired) electrons. The molecule has 1 amide bonds. The van der Waals surface area contributed by atoms with Gasteiger partial charge < -0.3 is 15.8 Å². The van der Waals surface area contributed by atoms with Gasteiger partial charge in [0.25, 0.3) is 0 Å². The first-order valence-electron chi connectivity index (χ1n) is 8.19. The fourth-order valence-electron chi connectivity index (χ4n) is 2.85. The molecule has 1 fully saturated rings. The summed E-state index contributed by atoms with van der Waals surface area (Å²) in [6.45, 7) is 2.50. The molecule has 0 bridgehead atoms. The van der Waals surface area contributed by atoms with E-state index in [9.17, 15) is 4.79 Å². The standard InChI is InChI=1S/C19H24N2O2.ClH/c1-12(19(22)21-11-18(20)13-3-4-13)14-5-6-16-10-17(23-2)8-7-15(16)9-14;/h5-10,12-13,18H,3-4,11,20H2,1-2H3,(H,21,22);1H. The highest BCUT2D eigenvalue weighted by molar-refractivity contribution is 5.88. The highest BCUT2D eigenvalue weighted by Gasteiger charge is 2.28. The molecule has 24 heavy (non-hydrogen) atoms. The summed E-state index contributed by atoms with van der Waals surface area (Å²) in [6.07, 6.45) is 2.39. The second kappa shape index (κ2) is 7.86. The molecule has 0 spiro atoms. The Labute approximate surface area is 149 Å². The van der Waals surface area contributed by atoms with Crippen LogP contribution in [0, 0.1) is 5.92 Å². The molecule has 2 aromatic rings. The van der Waals surface area contributed by atoms with Crippen LogP contribution in [-0.2, 0) is 4.79 Å². The Bertz CT molecular complexity index is 716. The third kappa shape index (κ3) is 4.19. The topological polar surface area (TPSA) is 64.3 Å². The summed E-state index contributed by atoms with van der Waals surface area (Å²) in [7, 11) is 1.66. The van der Waals surface area contributed by atoms with Crippen molar-refractivity contribution in [2.45, 2.75) is 31.7 Å². The van der Waals surface area contributed by atoms with Crippen molar-refractivity contribution in [1.82, 2.24) is 5.32 Å². The Morgan fingerprint density at radius 1 is 1.25 bits per heavy atom. The lowest BCUT2D eigenvalue weighted by Gasteiger charge is -2.16. The molecular formula is C19H25ClN2O2. The molecule has 0 aromatic heterocycles. The molecule has 2 unspecified atom stereocenters. The van der Waals surface area contributed by atoms with Crippen LogP contribution in [0.4, 0.5) is 0 Å². The Morgan fingerprint density at radius 3 is 2.58 bits per heavy atom. The third-order valence-corrected chi connectivity index (χ3v) is 4.70. The Morgan fingerprint density at radius 2 is 1.92 bits per heavy atom. The molecule has 3 rings (SSSR count). The number of rotatable bonds is 6. The van der Waals surface area contributed by atoms with Crippen LogP contribution < -0.4 is 15.8 Å². The number of benzene rings is 2. The largest absolute Gasteiger partial charge is 0.497 e. The normalized spacial score (nSPS) is 16.1. The molecule has 1 aliphatic carbocycles. The fourth-order valence-corrected chi connectivity index (χ4v) is 2.85. The first-order valence-corrected chi connectivity index (χ1v) is 8.19. The lowest BCUT2D eigenvalue weighted by Crippen LogP contribution is -2.40. The molecule has 4 nitrogen and oxygen atoms in total. The minimum absolute atomic E-state index is 0. The van der Waals surface area contributed by atoms with Gasteiger partial charge in [-0.05, 0) is 54.2 Å². The van der Waals surface area contributed by atoms with Gasteiger partial charge in [0.2, 0.25) is 5.91 Å². The van der Waals surface area contributed by atoms with Crippen molar-refractivity contribution in [1.29, 1.82) is 0 Å². The second-order valence-electron chi connectivity index (χ2n) is 6.44. The number of carbonyl (C=O) groups excluding carboxylic acids is 1. The summed E-state index contributed by atoms with van der Waals surface area (Å²) in [5, 5.41) is 5.20. The summed E-state index contributed by atoms with van der Waals surface area (Å²) >= 11 is 0. The average Bonchev–Trinajstić information content (AvgIpc) is 3.42. The zero-order valence-electron chi connectivity index (χ0n) is 14.1. The molecule has 1 saturated carbocycles. The van der Waals surface area contributed by atoms with Crippen molar-refractivity contribution in [2.24, 2.45) is 11.7 Å². The van der Waals surface area contributed by atoms with Crippen LogP contribution in [0.25, 0.3) is 10.8 Å². The monoisotopic (exact) mass is 348 g/mol. The van der Waals surface area contributed by atoms with Gasteiger partial charge in [-0.2, -0.15) is 0 Å². The van der Waals surface area contributed by atoms with Crippen LogP contribution in [0.15, 0.2) is 36.4 Å². The van der Waals surface area contributed by atoms with Crippen molar-refractivity contribution >= 4 is 29.1 Å². The van der Waals surface area contributed by atoms with Gasteiger partial charge in [0.1, 0.15) is 5.75 Å². The maximum absolute atomic E-state index is 12.3. The number of nitrogens with two attached hydrogens (primary N) is 1. The van der Waals surface area contributed by atoms with E-state index in [1.54, 1.807) is 7.11 Å². The highest BCUT2D eigenvalue weighted by atomic mass is 35.5. The number of hydrogen-bond donors (Lipinski definition) is 2. The smallest absolute Gasteiger partial charge is 0.227 e. The van der Waals surface area contributed by atoms with E-state index in [4.69, 9.17) is 10.5 Å². The SMILES string of the molecule is COc1ccc2cc(C(C)C(=O)NCC(N)C3CC3)ccc2c1.Cl. The maximum atomic E-state index is 12.3. The lowest BCUT2D eigenvalue weighted by atomic mass is 9.97. The number of methoxy groups -OCH3 is 1. The van der Waals surface area contributed by atoms with E-state index >= 15 is 0 Å². The summed E-state index contributed by atoms with van der Waals surface area (Å²) < 4.78 is 5.24. The maximum Gasteiger partial charge on any atom is 0.227 e. The van der Waals surface area contributed by atoms with E-state index < -0.39 is 0 Å². The number of halogens is 1. The van der Waals surface area contributed by atoms with E-state index in [1.807, 2.05) is 37.3 Å². The number of nitrogens with one attached hydrogen (secondary N) is 1. The van der Waals surface area contributed by atoms with Crippen molar-refractivity contribution in [2.75, 3.05) is 13.7 Å². The van der Waals surface area contributed by atoms with Gasteiger partial charge in [0, 0.05) is 12.6 Å². The Balaban J connectivity index is 0.00000208. The van der Waals surface area contributed by atoms with E-state index in [-0.39, 0.29) is 30.3 Å². The number of hydrogen-bond acceptors (Lipinski definition) is 3. The van der Waals surface area contributed by atoms with Crippen LogP contribution in [0.1, 0.15) is 31.2 Å². The fraction of sp³-hybridized carbons (Fsp3) is 0.421. The number of ether oxygens (including phenoxy) is 1. The quantitative estimate of drug-likeness (QED) is 0.842. The molecule has 2 atom stereocenters. The number of fused-ring (bicyclic) bond motifs is 1. The summed E-state index contributed by atoms with van der Waals surface area (Å²) in [6, 6.07) is 12.2. The predicted octanol–water partition coefficient (Wildman–Crippen LogP) is 3.23. The van der Waals surface area contributed by atoms with Gasteiger partial charge in [0.15, 0.2) is 0 Å². The van der Waals surface area contributed by atoms with Crippen LogP contribution in [0.3, 0.4) is 0 Å². The van der Waals surface area contributed by atoms with E-state index in [0.717, 1.165) is 22.1 Å². The lowest BCUT2D eigenvalue weighted by molar-refractivity contribution is -0.122. The van der Waals surface area contributed by atoms with Gasteiger partial charge >= 0.3 is 0 Å². The molecule has 0 heterocycles. The summed E-state index contributed by atoms with van der Waals surface area (Å²) in [4.78, 5) is 12.3. The van der Waals surface area contributed by atoms with Crippen LogP contribution in [-0.4, -0.2) is 25.6 Å². The van der Waals surface area contributed by atoms with E-state index in [1.165, 1.54) is 12.8 Å². The molecule has 130 valence electrons. The van der Waals surface area contributed by atoms with E-state index in [0.29, 0.717) is 12.5 Å². The Kier molecular flexibility index (Phi) is 6.08. The molecule has 2 aromatic carbocycles. The molecule has 3 N–H and O–H groups in total. The van der Waals surface area contributed by atoms with Crippen LogP contribution in [0.2, 0.25) is 0 Å². The Hall–Kier alpha value is -1.78. The minimum Gasteiger partial charge on any atom is -0.497 e. The second-order valence-corrected chi connectivity index (χ2v) is 6.44. The molecule has 5 heteroatoms. The number of amides is 1. The zero-order valence-corrected chi connectivity index (χ0v) is 14.9. The predicted molar refractivity (Wildman–Crippen MR) is 99.9 cm³/mol. The van der Waals surface area contributed by atoms with Gasteiger partial charge in [0.05, 0.1) is 13.0 Å². The first-order chi connectivity index (χ1) is 11.1. The highest BCUT2D eigenvalue weighted by Crippen LogP contribution is 2.31. The van der Waals surface area contributed by atoms with Crippen molar-refractivity contribution in [3.8, 4) is 5.75 Å². The average molecular weight is 349 g/mol. The number of carbonyl (C=O) groups is 1. The van der Waals surface area contributed by atoms with Crippen molar-refractivity contribution in [3.05, 3.63) is 42.0 Å². The molecule has 1 aliphatic rings. The molecule has 0 aliphatic heterocycles. The van der Waals surface area contributed by atoms with Crippen LogP contribution in [0.5, 0.6) is 5.75 Å². The van der Waals surface area contributed by atoms with E-state index in [2.05, 4.69) is 11.4 Å². The van der Waals surface area contributed by atoms with Gasteiger partial charge in [-0.15, -0.1) is 12.4 Å². The van der Waals surface area contributed by atoms with Gasteiger partial charge in [-0.3, -0.25) is 4.79 Å². The van der Waals surface area contributed by atoms with Gasteiger partial charge in [-0.25, -0.2) is 0 Å². The summed E-state index contributed by atoms with van der Waals surface area (Å²) in [5.74, 6) is 1.29. The van der Waals surface area contributed by atoms with Crippen molar-refractivity contribution in [3.63, 3.8) is 0 Å². The van der Waals surface area contributed by atoms with Gasteiger partial charge in [-0.1, -0.05) is 24.3 Å². The molecule has 0 saturated heterocycles. The third-order valence-electron chi connectivity index (χ3n) is 4.70. The summed E-state index contributed by atoms with van der Waals surface area (Å²) in [5.41, 5.74) is 7.06. The minimum atomic E-state index is -0.187. The van der Waals surface area contributed by atoms with Crippen molar-refractivity contribution < 1.29 is 9.53 Å². The van der Waals surface area contributed by atoms with Crippen LogP contribution >= 0.6 is 12.4 Å².